The Morgan fingerprint density at radius 3 is 2.51 bits per heavy atom. The number of carboxylic acids is 1. The van der Waals surface area contributed by atoms with E-state index in [1.54, 1.807) is 18.2 Å². The fourth-order valence-electron chi connectivity index (χ4n) is 4.17. The topological polar surface area (TPSA) is 123 Å². The minimum Gasteiger partial charge on any atom is -0.478 e. The summed E-state index contributed by atoms with van der Waals surface area (Å²) in [6.45, 7) is 0.404. The number of hydrogen-bond acceptors (Lipinski definition) is 6. The summed E-state index contributed by atoms with van der Waals surface area (Å²) in [4.78, 5) is 30.5. The maximum atomic E-state index is 11.9. The van der Waals surface area contributed by atoms with Crippen molar-refractivity contribution in [2.45, 2.75) is 25.5 Å². The van der Waals surface area contributed by atoms with Gasteiger partial charge in [0.1, 0.15) is 6.10 Å². The van der Waals surface area contributed by atoms with E-state index < -0.39 is 11.7 Å². The number of benzene rings is 3. The lowest BCUT2D eigenvalue weighted by Gasteiger charge is -2.12. The Labute approximate surface area is 198 Å². The quantitative estimate of drug-likeness (QED) is 0.364. The Morgan fingerprint density at radius 2 is 1.83 bits per heavy atom. The third kappa shape index (κ3) is 3.97. The zero-order valence-corrected chi connectivity index (χ0v) is 18.5. The molecule has 0 amide bonds. The highest BCUT2D eigenvalue weighted by molar-refractivity contribution is 6.01. The summed E-state index contributed by atoms with van der Waals surface area (Å²) in [7, 11) is 0. The van der Waals surface area contributed by atoms with E-state index in [9.17, 15) is 14.7 Å². The lowest BCUT2D eigenvalue weighted by molar-refractivity contribution is 0.0698. The second kappa shape index (κ2) is 8.28. The number of para-hydroxylation sites is 1. The molecule has 0 unspecified atom stereocenters. The number of rotatable bonds is 7. The molecule has 9 nitrogen and oxygen atoms in total. The molecule has 9 heteroatoms. The molecule has 1 aliphatic rings. The van der Waals surface area contributed by atoms with Crippen LogP contribution < -0.4 is 10.5 Å². The molecular weight excluding hydrogens is 448 g/mol. The lowest BCUT2D eigenvalue weighted by atomic mass is 9.98. The van der Waals surface area contributed by atoms with Gasteiger partial charge in [-0.25, -0.2) is 9.59 Å². The predicted octanol–water partition coefficient (Wildman–Crippen LogP) is 4.33. The second-order valence-corrected chi connectivity index (χ2v) is 8.46. The number of aromatic nitrogens is 4. The van der Waals surface area contributed by atoms with Gasteiger partial charge in [-0.15, -0.1) is 0 Å². The van der Waals surface area contributed by atoms with E-state index in [-0.39, 0.29) is 11.7 Å². The largest absolute Gasteiger partial charge is 0.478 e. The van der Waals surface area contributed by atoms with Gasteiger partial charge in [-0.3, -0.25) is 14.1 Å². The van der Waals surface area contributed by atoms with Crippen molar-refractivity contribution in [2.24, 2.45) is 0 Å². The minimum atomic E-state index is -1.01. The number of ether oxygens (including phenoxy) is 1. The van der Waals surface area contributed by atoms with Crippen LogP contribution in [0.3, 0.4) is 0 Å². The van der Waals surface area contributed by atoms with Crippen molar-refractivity contribution in [2.75, 3.05) is 0 Å². The first-order valence-corrected chi connectivity index (χ1v) is 11.2. The Balaban J connectivity index is 1.37. The van der Waals surface area contributed by atoms with Gasteiger partial charge >= 0.3 is 11.7 Å². The standard InChI is InChI=1S/C26H20N4O5/c31-24(32)20-6-3-7-21-22(20)30(25(27-21)34-17-12-13-17)14-15-8-10-16(11-9-15)18-4-1-2-5-19(18)23-28-26(33)35-29-23/h1-11,17H,12-14H2,(H,31,32)(H,28,29,33). The normalized spacial score (nSPS) is 13.3. The van der Waals surface area contributed by atoms with Crippen LogP contribution in [0.2, 0.25) is 0 Å². The predicted molar refractivity (Wildman–Crippen MR) is 127 cm³/mol. The summed E-state index contributed by atoms with van der Waals surface area (Å²) >= 11 is 0. The maximum absolute atomic E-state index is 11.9. The molecule has 174 valence electrons. The molecule has 0 spiro atoms. The molecule has 0 atom stereocenters. The summed E-state index contributed by atoms with van der Waals surface area (Å²) < 4.78 is 12.5. The van der Waals surface area contributed by atoms with Crippen molar-refractivity contribution in [1.29, 1.82) is 0 Å². The van der Waals surface area contributed by atoms with Crippen molar-refractivity contribution in [3.8, 4) is 28.5 Å². The molecule has 1 saturated carbocycles. The number of nitrogens with zero attached hydrogens (tertiary/aromatic N) is 3. The van der Waals surface area contributed by atoms with E-state index in [0.29, 0.717) is 29.4 Å². The van der Waals surface area contributed by atoms with Gasteiger partial charge in [0.25, 0.3) is 6.01 Å². The highest BCUT2D eigenvalue weighted by atomic mass is 16.5. The van der Waals surface area contributed by atoms with Gasteiger partial charge in [-0.1, -0.05) is 59.8 Å². The van der Waals surface area contributed by atoms with Crippen LogP contribution in [-0.2, 0) is 6.54 Å². The summed E-state index contributed by atoms with van der Waals surface area (Å²) in [5, 5.41) is 13.6. The van der Waals surface area contributed by atoms with E-state index in [2.05, 4.69) is 19.6 Å². The van der Waals surface area contributed by atoms with E-state index in [0.717, 1.165) is 35.1 Å². The highest BCUT2D eigenvalue weighted by Gasteiger charge is 2.27. The lowest BCUT2D eigenvalue weighted by Crippen LogP contribution is -2.09. The van der Waals surface area contributed by atoms with Gasteiger partial charge < -0.3 is 9.84 Å². The summed E-state index contributed by atoms with van der Waals surface area (Å²) in [6.07, 6.45) is 2.07. The number of aromatic amines is 1. The van der Waals surface area contributed by atoms with Crippen molar-refractivity contribution >= 4 is 17.0 Å². The Hall–Kier alpha value is -4.66. The zero-order valence-electron chi connectivity index (χ0n) is 18.5. The molecule has 35 heavy (non-hydrogen) atoms. The van der Waals surface area contributed by atoms with Crippen molar-refractivity contribution in [1.82, 2.24) is 19.7 Å². The number of hydrogen-bond donors (Lipinski definition) is 2. The average Bonchev–Trinajstić information content (AvgIpc) is 3.48. The molecule has 0 bridgehead atoms. The van der Waals surface area contributed by atoms with E-state index in [1.807, 2.05) is 53.1 Å². The number of imidazole rings is 1. The van der Waals surface area contributed by atoms with E-state index >= 15 is 0 Å². The number of aromatic carboxylic acids is 1. The summed E-state index contributed by atoms with van der Waals surface area (Å²) in [6, 6.07) is 21.0. The molecule has 0 saturated heterocycles. The molecule has 0 aliphatic heterocycles. The van der Waals surface area contributed by atoms with Gasteiger partial charge in [0.05, 0.1) is 23.1 Å². The zero-order chi connectivity index (χ0) is 23.9. The van der Waals surface area contributed by atoms with E-state index in [4.69, 9.17) is 4.74 Å². The van der Waals surface area contributed by atoms with E-state index in [1.165, 1.54) is 0 Å². The van der Waals surface area contributed by atoms with Gasteiger partial charge in [-0.2, -0.15) is 4.98 Å². The molecule has 1 aliphatic carbocycles. The molecule has 3 aromatic carbocycles. The Morgan fingerprint density at radius 1 is 1.06 bits per heavy atom. The number of carboxylic acid groups (broad SMARTS) is 1. The van der Waals surface area contributed by atoms with Crippen LogP contribution in [0.25, 0.3) is 33.5 Å². The smallest absolute Gasteiger partial charge is 0.439 e. The number of carbonyl (C=O) groups is 1. The second-order valence-electron chi connectivity index (χ2n) is 8.46. The molecule has 2 aromatic heterocycles. The Kier molecular flexibility index (Phi) is 4.95. The van der Waals surface area contributed by atoms with Crippen LogP contribution in [0.4, 0.5) is 0 Å². The molecule has 1 fully saturated rings. The van der Waals surface area contributed by atoms with Crippen LogP contribution in [-0.4, -0.2) is 36.9 Å². The van der Waals surface area contributed by atoms with Crippen LogP contribution in [0.1, 0.15) is 28.8 Å². The monoisotopic (exact) mass is 468 g/mol. The van der Waals surface area contributed by atoms with Crippen LogP contribution in [0, 0.1) is 0 Å². The first kappa shape index (κ1) is 20.9. The third-order valence-electron chi connectivity index (χ3n) is 5.99. The molecule has 0 radical (unpaired) electrons. The summed E-state index contributed by atoms with van der Waals surface area (Å²) in [5.74, 6) is -1.25. The molecule has 2 N–H and O–H groups in total. The number of fused-ring (bicyclic) bond motifs is 1. The first-order chi connectivity index (χ1) is 17.1. The van der Waals surface area contributed by atoms with Gasteiger partial charge in [0.2, 0.25) is 0 Å². The molecule has 5 aromatic rings. The maximum Gasteiger partial charge on any atom is 0.439 e. The SMILES string of the molecule is O=C(O)c1cccc2nc(OC3CC3)n(Cc3ccc(-c4ccccc4-c4noc(=O)[nH]4)cc3)c12. The highest BCUT2D eigenvalue weighted by Crippen LogP contribution is 2.33. The molecule has 2 heterocycles. The molecular formula is C26H20N4O5. The molecule has 6 rings (SSSR count). The van der Waals surface area contributed by atoms with Crippen molar-refractivity contribution in [3.63, 3.8) is 0 Å². The van der Waals surface area contributed by atoms with Crippen LogP contribution >= 0.6 is 0 Å². The third-order valence-corrected chi connectivity index (χ3v) is 5.99. The van der Waals surface area contributed by atoms with Gasteiger partial charge in [0, 0.05) is 5.56 Å². The van der Waals surface area contributed by atoms with Crippen molar-refractivity contribution < 1.29 is 19.2 Å². The van der Waals surface area contributed by atoms with Gasteiger partial charge in [-0.05, 0) is 41.7 Å². The average molecular weight is 468 g/mol. The first-order valence-electron chi connectivity index (χ1n) is 11.2. The number of nitrogens with one attached hydrogen (secondary N) is 1. The van der Waals surface area contributed by atoms with Gasteiger partial charge in [0.15, 0.2) is 5.82 Å². The fourth-order valence-corrected chi connectivity index (χ4v) is 4.17. The van der Waals surface area contributed by atoms with Crippen molar-refractivity contribution in [3.05, 3.63) is 88.4 Å². The van der Waals surface area contributed by atoms with Crippen LogP contribution in [0.15, 0.2) is 76.0 Å². The Bertz CT molecular complexity index is 1610. The summed E-state index contributed by atoms with van der Waals surface area (Å²) in [5.41, 5.74) is 4.85. The fraction of sp³-hybridized carbons (Fsp3) is 0.154. The number of H-pyrrole nitrogens is 1. The van der Waals surface area contributed by atoms with Crippen LogP contribution in [0.5, 0.6) is 6.01 Å². The minimum absolute atomic E-state index is 0.126.